The minimum absolute atomic E-state index is 0.0291. The van der Waals surface area contributed by atoms with Gasteiger partial charge in [0.1, 0.15) is 0 Å². The zero-order chi connectivity index (χ0) is 9.42. The number of allylic oxidation sites excluding steroid dienone is 3. The molecule has 0 fully saturated rings. The molecule has 0 saturated carbocycles. The molecule has 2 aliphatic heterocycles. The van der Waals surface area contributed by atoms with Crippen LogP contribution in [0.2, 0.25) is 0 Å². The summed E-state index contributed by atoms with van der Waals surface area (Å²) in [6.45, 7) is 1.88. The number of carbonyl (C=O) groups excluding carboxylic acids is 1. The second-order valence-corrected chi connectivity index (χ2v) is 3.74. The largest absolute Gasteiger partial charge is 0.269 e. The lowest BCUT2D eigenvalue weighted by atomic mass is 9.99. The topological polar surface area (TPSA) is 41.8 Å². The maximum absolute atomic E-state index is 11.0. The maximum atomic E-state index is 11.0. The lowest BCUT2D eigenvalue weighted by Crippen LogP contribution is -2.24. The van der Waals surface area contributed by atoms with E-state index in [2.05, 4.69) is 25.9 Å². The first-order chi connectivity index (χ1) is 6.16. The third kappa shape index (κ3) is 1.54. The van der Waals surface area contributed by atoms with Crippen LogP contribution in [0.4, 0.5) is 0 Å². The molecule has 0 spiro atoms. The number of amides is 1. The highest BCUT2D eigenvalue weighted by Crippen LogP contribution is 2.22. The van der Waals surface area contributed by atoms with Gasteiger partial charge in [-0.2, -0.15) is 0 Å². The van der Waals surface area contributed by atoms with Gasteiger partial charge in [-0.05, 0) is 28.9 Å². The fraction of sp³-hybridized carbons (Fsp3) is 0.222. The van der Waals surface area contributed by atoms with Crippen molar-refractivity contribution in [1.82, 2.24) is 0 Å². The first-order valence-electron chi connectivity index (χ1n) is 3.90. The number of nitrogens with zero attached hydrogens (tertiary/aromatic N) is 2. The van der Waals surface area contributed by atoms with Gasteiger partial charge in [0.2, 0.25) is 0 Å². The summed E-state index contributed by atoms with van der Waals surface area (Å²) in [6.07, 6.45) is 5.11. The number of halogens is 1. The Balaban J connectivity index is 2.46. The minimum atomic E-state index is -0.197. The van der Waals surface area contributed by atoms with Gasteiger partial charge in [-0.1, -0.05) is 6.08 Å². The van der Waals surface area contributed by atoms with E-state index in [1.54, 1.807) is 6.08 Å². The maximum Gasteiger partial charge on any atom is 0.269 e. The van der Waals surface area contributed by atoms with Gasteiger partial charge in [0.05, 0.1) is 16.3 Å². The van der Waals surface area contributed by atoms with Crippen molar-refractivity contribution in [2.24, 2.45) is 15.9 Å². The molecule has 0 saturated heterocycles. The summed E-state index contributed by atoms with van der Waals surface area (Å²) in [4.78, 5) is 19.1. The van der Waals surface area contributed by atoms with Crippen molar-refractivity contribution in [1.29, 1.82) is 0 Å². The van der Waals surface area contributed by atoms with Crippen molar-refractivity contribution in [3.63, 3.8) is 0 Å². The van der Waals surface area contributed by atoms with E-state index in [4.69, 9.17) is 0 Å². The number of aliphatic imine (C=N–C) groups is 2. The van der Waals surface area contributed by atoms with E-state index in [0.29, 0.717) is 0 Å². The van der Waals surface area contributed by atoms with Crippen LogP contribution in [0, 0.1) is 5.92 Å². The molecule has 1 atom stereocenters. The molecule has 1 unspecified atom stereocenters. The highest BCUT2D eigenvalue weighted by Gasteiger charge is 2.23. The standard InChI is InChI=1S/C9H7BrN2O/c1-5-4-7-6(9(10)11-5)2-3-8(13)12-7/h2-4,6H,1H3. The zero-order valence-electron chi connectivity index (χ0n) is 6.99. The van der Waals surface area contributed by atoms with Crippen molar-refractivity contribution in [2.75, 3.05) is 0 Å². The molecular formula is C9H7BrN2O. The van der Waals surface area contributed by atoms with Crippen molar-refractivity contribution in [2.45, 2.75) is 6.92 Å². The van der Waals surface area contributed by atoms with Crippen LogP contribution < -0.4 is 0 Å². The Morgan fingerprint density at radius 2 is 2.23 bits per heavy atom. The van der Waals surface area contributed by atoms with Crippen molar-refractivity contribution < 1.29 is 4.79 Å². The molecule has 3 nitrogen and oxygen atoms in total. The van der Waals surface area contributed by atoms with E-state index in [1.807, 2.05) is 13.0 Å². The number of hydrogen-bond acceptors (Lipinski definition) is 2. The monoisotopic (exact) mass is 238 g/mol. The van der Waals surface area contributed by atoms with Crippen LogP contribution in [-0.2, 0) is 4.79 Å². The SMILES string of the molecule is CC1=CC2=NC(=O)C=CC2C(Br)=N1. The first kappa shape index (κ1) is 8.56. The zero-order valence-corrected chi connectivity index (χ0v) is 8.58. The lowest BCUT2D eigenvalue weighted by molar-refractivity contribution is -0.113. The number of hydrogen-bond donors (Lipinski definition) is 0. The molecule has 0 aliphatic carbocycles. The molecule has 0 N–H and O–H groups in total. The third-order valence-electron chi connectivity index (χ3n) is 1.89. The van der Waals surface area contributed by atoms with Crippen LogP contribution in [0.25, 0.3) is 0 Å². The van der Waals surface area contributed by atoms with Crippen LogP contribution in [0.3, 0.4) is 0 Å². The van der Waals surface area contributed by atoms with Crippen molar-refractivity contribution in [3.05, 3.63) is 23.9 Å². The minimum Gasteiger partial charge on any atom is -0.267 e. The predicted molar refractivity (Wildman–Crippen MR) is 55.2 cm³/mol. The molecular weight excluding hydrogens is 232 g/mol. The average molecular weight is 239 g/mol. The van der Waals surface area contributed by atoms with Gasteiger partial charge in [0.25, 0.3) is 5.91 Å². The fourth-order valence-electron chi connectivity index (χ4n) is 1.32. The first-order valence-corrected chi connectivity index (χ1v) is 4.69. The third-order valence-corrected chi connectivity index (χ3v) is 2.56. The number of dihydropyridines is 1. The molecule has 13 heavy (non-hydrogen) atoms. The lowest BCUT2D eigenvalue weighted by Gasteiger charge is -2.18. The van der Waals surface area contributed by atoms with Gasteiger partial charge in [-0.25, -0.2) is 9.98 Å². The average Bonchev–Trinajstić information content (AvgIpc) is 2.02. The van der Waals surface area contributed by atoms with E-state index < -0.39 is 0 Å². The summed E-state index contributed by atoms with van der Waals surface area (Å²) in [5.74, 6) is -0.168. The summed E-state index contributed by atoms with van der Waals surface area (Å²) in [5.41, 5.74) is 1.64. The van der Waals surface area contributed by atoms with Crippen LogP contribution in [-0.4, -0.2) is 16.2 Å². The Morgan fingerprint density at radius 1 is 1.46 bits per heavy atom. The van der Waals surface area contributed by atoms with Crippen molar-refractivity contribution >= 4 is 32.2 Å². The molecule has 2 aliphatic rings. The predicted octanol–water partition coefficient (Wildman–Crippen LogP) is 1.85. The Labute approximate surface area is 84.1 Å². The molecule has 0 aromatic carbocycles. The van der Waals surface area contributed by atoms with Crippen LogP contribution in [0.5, 0.6) is 0 Å². The van der Waals surface area contributed by atoms with Gasteiger partial charge in [-0.3, -0.25) is 4.79 Å². The van der Waals surface area contributed by atoms with Crippen LogP contribution >= 0.6 is 15.9 Å². The normalized spacial score (nSPS) is 26.2. The van der Waals surface area contributed by atoms with E-state index in [-0.39, 0.29) is 11.8 Å². The summed E-state index contributed by atoms with van der Waals surface area (Å²) in [5, 5.41) is 0. The Hall–Kier alpha value is -1.03. The van der Waals surface area contributed by atoms with Gasteiger partial charge in [-0.15, -0.1) is 0 Å². The molecule has 2 rings (SSSR count). The van der Waals surface area contributed by atoms with Gasteiger partial charge in [0, 0.05) is 11.8 Å². The molecule has 0 aromatic rings. The quantitative estimate of drug-likeness (QED) is 0.636. The number of fused-ring (bicyclic) bond motifs is 1. The van der Waals surface area contributed by atoms with Gasteiger partial charge < -0.3 is 0 Å². The Bertz CT molecular complexity index is 390. The number of carbonyl (C=O) groups is 1. The highest BCUT2D eigenvalue weighted by atomic mass is 79.9. The summed E-state index contributed by atoms with van der Waals surface area (Å²) in [6, 6.07) is 0. The molecule has 0 radical (unpaired) electrons. The van der Waals surface area contributed by atoms with E-state index in [1.165, 1.54) is 6.08 Å². The smallest absolute Gasteiger partial charge is 0.267 e. The van der Waals surface area contributed by atoms with Crippen LogP contribution in [0.15, 0.2) is 33.9 Å². The van der Waals surface area contributed by atoms with Gasteiger partial charge in [0.15, 0.2) is 0 Å². The number of rotatable bonds is 0. The Kier molecular flexibility index (Phi) is 2.00. The molecule has 1 amide bonds. The molecule has 0 bridgehead atoms. The molecule has 2 heterocycles. The summed E-state index contributed by atoms with van der Waals surface area (Å²) in [7, 11) is 0. The Morgan fingerprint density at radius 3 is 3.00 bits per heavy atom. The second kappa shape index (κ2) is 3.03. The molecule has 0 aromatic heterocycles. The fourth-order valence-corrected chi connectivity index (χ4v) is 1.99. The molecule has 66 valence electrons. The van der Waals surface area contributed by atoms with E-state index in [0.717, 1.165) is 16.0 Å². The van der Waals surface area contributed by atoms with Crippen molar-refractivity contribution in [3.8, 4) is 0 Å². The van der Waals surface area contributed by atoms with Crippen LogP contribution in [0.1, 0.15) is 6.92 Å². The summed E-state index contributed by atoms with van der Waals surface area (Å²) >= 11 is 3.36. The summed E-state index contributed by atoms with van der Waals surface area (Å²) < 4.78 is 0.815. The van der Waals surface area contributed by atoms with E-state index in [9.17, 15) is 4.79 Å². The van der Waals surface area contributed by atoms with Gasteiger partial charge >= 0.3 is 0 Å². The van der Waals surface area contributed by atoms with E-state index >= 15 is 0 Å². The molecule has 4 heteroatoms. The second-order valence-electron chi connectivity index (χ2n) is 2.93. The highest BCUT2D eigenvalue weighted by molar-refractivity contribution is 9.18.